The molecule has 0 radical (unpaired) electrons. The van der Waals surface area contributed by atoms with Gasteiger partial charge in [-0.1, -0.05) is 0 Å². The molecule has 3 N–H and O–H groups in total. The highest BCUT2D eigenvalue weighted by Gasteiger charge is 2.26. The van der Waals surface area contributed by atoms with Crippen molar-refractivity contribution in [2.24, 2.45) is 5.73 Å². The lowest BCUT2D eigenvalue weighted by atomic mass is 10.2. The van der Waals surface area contributed by atoms with Crippen molar-refractivity contribution in [2.45, 2.75) is 32.2 Å². The lowest BCUT2D eigenvalue weighted by Crippen LogP contribution is -2.51. The second-order valence-electron chi connectivity index (χ2n) is 4.28. The highest BCUT2D eigenvalue weighted by molar-refractivity contribution is 4.77. The minimum absolute atomic E-state index is 0.0722. The van der Waals surface area contributed by atoms with Crippen molar-refractivity contribution >= 4 is 0 Å². The van der Waals surface area contributed by atoms with Crippen molar-refractivity contribution in [3.05, 3.63) is 0 Å². The summed E-state index contributed by atoms with van der Waals surface area (Å²) in [6.07, 6.45) is 0.157. The van der Waals surface area contributed by atoms with Crippen LogP contribution in [0.2, 0.25) is 0 Å². The summed E-state index contributed by atoms with van der Waals surface area (Å²) in [5.41, 5.74) is 5.65. The molecule has 0 aromatic carbocycles. The Balaban J connectivity index is 2.39. The summed E-state index contributed by atoms with van der Waals surface area (Å²) in [5.74, 6) is 0. The van der Waals surface area contributed by atoms with E-state index < -0.39 is 0 Å². The van der Waals surface area contributed by atoms with E-state index in [0.717, 1.165) is 19.6 Å². The first kappa shape index (κ1) is 13.9. The Hall–Kier alpha value is -0.200. The Labute approximate surface area is 97.5 Å². The van der Waals surface area contributed by atoms with E-state index in [-0.39, 0.29) is 24.9 Å². The second-order valence-corrected chi connectivity index (χ2v) is 4.28. The van der Waals surface area contributed by atoms with E-state index in [1.807, 2.05) is 13.8 Å². The van der Waals surface area contributed by atoms with Gasteiger partial charge in [-0.3, -0.25) is 4.90 Å². The Kier molecular flexibility index (Phi) is 6.23. The molecule has 96 valence electrons. The lowest BCUT2D eigenvalue weighted by Gasteiger charge is -2.37. The van der Waals surface area contributed by atoms with Crippen LogP contribution >= 0.6 is 0 Å². The molecule has 16 heavy (non-hydrogen) atoms. The SMILES string of the molecule is CCOC(CN)CN1CC(C)OC(CO)C1. The number of nitrogens with two attached hydrogens (primary N) is 1. The molecule has 1 aliphatic rings. The van der Waals surface area contributed by atoms with Gasteiger partial charge in [0.15, 0.2) is 0 Å². The largest absolute Gasteiger partial charge is 0.394 e. The summed E-state index contributed by atoms with van der Waals surface area (Å²) in [6, 6.07) is 0. The van der Waals surface area contributed by atoms with Gasteiger partial charge in [0.25, 0.3) is 0 Å². The van der Waals surface area contributed by atoms with Crippen LogP contribution in [0.3, 0.4) is 0 Å². The summed E-state index contributed by atoms with van der Waals surface area (Å²) in [7, 11) is 0. The van der Waals surface area contributed by atoms with Gasteiger partial charge in [0.05, 0.1) is 24.9 Å². The first-order chi connectivity index (χ1) is 7.69. The molecule has 1 heterocycles. The fourth-order valence-corrected chi connectivity index (χ4v) is 2.11. The normalized spacial score (nSPS) is 29.2. The molecule has 5 nitrogen and oxygen atoms in total. The lowest BCUT2D eigenvalue weighted by molar-refractivity contribution is -0.104. The van der Waals surface area contributed by atoms with Crippen LogP contribution in [0.1, 0.15) is 13.8 Å². The Bertz CT molecular complexity index is 192. The molecule has 0 spiro atoms. The van der Waals surface area contributed by atoms with Gasteiger partial charge in [0.1, 0.15) is 0 Å². The number of aliphatic hydroxyl groups excluding tert-OH is 1. The molecule has 1 saturated heterocycles. The van der Waals surface area contributed by atoms with Crippen molar-refractivity contribution in [1.29, 1.82) is 0 Å². The molecule has 1 fully saturated rings. The average molecular weight is 232 g/mol. The maximum Gasteiger partial charge on any atom is 0.0936 e. The van der Waals surface area contributed by atoms with Gasteiger partial charge in [-0.25, -0.2) is 0 Å². The van der Waals surface area contributed by atoms with Gasteiger partial charge in [-0.05, 0) is 13.8 Å². The molecule has 0 aromatic rings. The average Bonchev–Trinajstić information content (AvgIpc) is 2.27. The van der Waals surface area contributed by atoms with E-state index >= 15 is 0 Å². The number of aliphatic hydroxyl groups is 1. The van der Waals surface area contributed by atoms with Crippen LogP contribution in [-0.4, -0.2) is 67.7 Å². The minimum Gasteiger partial charge on any atom is -0.394 e. The van der Waals surface area contributed by atoms with Crippen LogP contribution in [0.4, 0.5) is 0 Å². The third-order valence-corrected chi connectivity index (χ3v) is 2.73. The van der Waals surface area contributed by atoms with Crippen molar-refractivity contribution in [2.75, 3.05) is 39.4 Å². The Morgan fingerprint density at radius 2 is 2.31 bits per heavy atom. The van der Waals surface area contributed by atoms with Gasteiger partial charge >= 0.3 is 0 Å². The van der Waals surface area contributed by atoms with Gasteiger partial charge in [-0.15, -0.1) is 0 Å². The maximum atomic E-state index is 9.11. The zero-order chi connectivity index (χ0) is 12.0. The molecule has 1 aliphatic heterocycles. The smallest absolute Gasteiger partial charge is 0.0936 e. The van der Waals surface area contributed by atoms with Crippen LogP contribution in [-0.2, 0) is 9.47 Å². The molecular formula is C11H24N2O3. The molecule has 0 amide bonds. The van der Waals surface area contributed by atoms with E-state index in [2.05, 4.69) is 4.90 Å². The number of morpholine rings is 1. The molecule has 1 rings (SSSR count). The monoisotopic (exact) mass is 232 g/mol. The first-order valence-corrected chi connectivity index (χ1v) is 5.99. The molecule has 3 atom stereocenters. The van der Waals surface area contributed by atoms with E-state index in [1.165, 1.54) is 0 Å². The van der Waals surface area contributed by atoms with Crippen molar-refractivity contribution in [3.63, 3.8) is 0 Å². The summed E-state index contributed by atoms with van der Waals surface area (Å²) < 4.78 is 11.1. The predicted octanol–water partition coefficient (Wildman–Crippen LogP) is -0.568. The summed E-state index contributed by atoms with van der Waals surface area (Å²) in [6.45, 7) is 7.73. The minimum atomic E-state index is -0.0798. The maximum absolute atomic E-state index is 9.11. The van der Waals surface area contributed by atoms with Crippen LogP contribution in [0.5, 0.6) is 0 Å². The van der Waals surface area contributed by atoms with Crippen LogP contribution in [0, 0.1) is 0 Å². The Morgan fingerprint density at radius 1 is 1.56 bits per heavy atom. The van der Waals surface area contributed by atoms with Crippen molar-refractivity contribution in [3.8, 4) is 0 Å². The van der Waals surface area contributed by atoms with Crippen LogP contribution in [0.15, 0.2) is 0 Å². The number of ether oxygens (including phenoxy) is 2. The van der Waals surface area contributed by atoms with Crippen LogP contribution < -0.4 is 5.73 Å². The van der Waals surface area contributed by atoms with Gasteiger partial charge in [-0.2, -0.15) is 0 Å². The second kappa shape index (κ2) is 7.19. The predicted molar refractivity (Wildman–Crippen MR) is 62.3 cm³/mol. The van der Waals surface area contributed by atoms with Crippen LogP contribution in [0.25, 0.3) is 0 Å². The van der Waals surface area contributed by atoms with E-state index in [4.69, 9.17) is 20.3 Å². The fourth-order valence-electron chi connectivity index (χ4n) is 2.11. The van der Waals surface area contributed by atoms with Gasteiger partial charge in [0.2, 0.25) is 0 Å². The highest BCUT2D eigenvalue weighted by atomic mass is 16.5. The van der Waals surface area contributed by atoms with Gasteiger partial charge in [0, 0.05) is 32.8 Å². The molecule has 0 aliphatic carbocycles. The molecule has 0 bridgehead atoms. The zero-order valence-electron chi connectivity index (χ0n) is 10.3. The fraction of sp³-hybridized carbons (Fsp3) is 1.00. The topological polar surface area (TPSA) is 68.0 Å². The third kappa shape index (κ3) is 4.35. The quantitative estimate of drug-likeness (QED) is 0.642. The highest BCUT2D eigenvalue weighted by Crippen LogP contribution is 2.11. The summed E-state index contributed by atoms with van der Waals surface area (Å²) in [5, 5.41) is 9.11. The van der Waals surface area contributed by atoms with Crippen molar-refractivity contribution < 1.29 is 14.6 Å². The summed E-state index contributed by atoms with van der Waals surface area (Å²) >= 11 is 0. The standard InChI is InChI=1S/C11H24N2O3/c1-3-15-10(4-12)6-13-5-9(2)16-11(7-13)8-14/h9-11,14H,3-8,12H2,1-2H3. The number of hydrogen-bond donors (Lipinski definition) is 2. The van der Waals surface area contributed by atoms with E-state index in [0.29, 0.717) is 13.2 Å². The zero-order valence-corrected chi connectivity index (χ0v) is 10.3. The molecule has 0 saturated carbocycles. The molecule has 3 unspecified atom stereocenters. The number of nitrogens with zero attached hydrogens (tertiary/aromatic N) is 1. The molecule has 0 aromatic heterocycles. The first-order valence-electron chi connectivity index (χ1n) is 5.99. The molecular weight excluding hydrogens is 208 g/mol. The van der Waals surface area contributed by atoms with Crippen molar-refractivity contribution in [1.82, 2.24) is 4.90 Å². The number of hydrogen-bond acceptors (Lipinski definition) is 5. The number of rotatable bonds is 6. The summed E-state index contributed by atoms with van der Waals surface area (Å²) in [4.78, 5) is 2.25. The van der Waals surface area contributed by atoms with E-state index in [1.54, 1.807) is 0 Å². The van der Waals surface area contributed by atoms with E-state index in [9.17, 15) is 0 Å². The Morgan fingerprint density at radius 3 is 2.88 bits per heavy atom. The molecule has 5 heteroatoms. The third-order valence-electron chi connectivity index (χ3n) is 2.73. The van der Waals surface area contributed by atoms with Gasteiger partial charge < -0.3 is 20.3 Å².